The Morgan fingerprint density at radius 2 is 2.33 bits per heavy atom. The van der Waals surface area contributed by atoms with E-state index in [2.05, 4.69) is 37.8 Å². The first kappa shape index (κ1) is 13.0. The monoisotopic (exact) mass is 347 g/mol. The summed E-state index contributed by atoms with van der Waals surface area (Å²) >= 11 is 3.45. The number of nitrogens with zero attached hydrogens (tertiary/aromatic N) is 2. The lowest BCUT2D eigenvalue weighted by molar-refractivity contribution is 0.409. The van der Waals surface area contributed by atoms with Gasteiger partial charge < -0.3 is 14.3 Å². The zero-order chi connectivity index (χ0) is 14.6. The van der Waals surface area contributed by atoms with Gasteiger partial charge in [0.1, 0.15) is 16.9 Å². The molecule has 3 heterocycles. The lowest BCUT2D eigenvalue weighted by Crippen LogP contribution is -2.17. The third-order valence-corrected chi connectivity index (χ3v) is 4.58. The molecule has 3 aromatic rings. The van der Waals surface area contributed by atoms with Crippen molar-refractivity contribution in [1.29, 1.82) is 0 Å². The van der Waals surface area contributed by atoms with Crippen LogP contribution in [0.3, 0.4) is 0 Å². The number of nitrogens with one attached hydrogen (secondary N) is 1. The first-order chi connectivity index (χ1) is 10.1. The summed E-state index contributed by atoms with van der Waals surface area (Å²) in [6.07, 6.45) is 1.02. The molecule has 5 nitrogen and oxygen atoms in total. The van der Waals surface area contributed by atoms with Crippen LogP contribution in [-0.2, 0) is 0 Å². The van der Waals surface area contributed by atoms with Crippen molar-refractivity contribution in [1.82, 2.24) is 14.9 Å². The van der Waals surface area contributed by atoms with Gasteiger partial charge in [0.2, 0.25) is 5.58 Å². The quantitative estimate of drug-likeness (QED) is 0.735. The van der Waals surface area contributed by atoms with Gasteiger partial charge in [-0.15, -0.1) is 0 Å². The lowest BCUT2D eigenvalue weighted by atomic mass is 10.1. The number of likely N-dealkylation sites (N-methyl/N-ethyl adjacent to an activating group) is 1. The number of hydrogen-bond donors (Lipinski definition) is 1. The fourth-order valence-electron chi connectivity index (χ4n) is 2.99. The van der Waals surface area contributed by atoms with E-state index < -0.39 is 0 Å². The standard InChI is InChI=1S/C15H14BrN3O2/c1-19-5-4-8(7-19)14-17-12-10-6-9(16)2-3-11(10)21-13(12)15(20)18-14/h2-3,6,8H,4-5,7H2,1H3,(H,17,18,20). The van der Waals surface area contributed by atoms with Crippen molar-refractivity contribution >= 4 is 38.0 Å². The van der Waals surface area contributed by atoms with Crippen molar-refractivity contribution in [2.45, 2.75) is 12.3 Å². The third kappa shape index (κ3) is 2.10. The second kappa shape index (κ2) is 4.68. The molecule has 21 heavy (non-hydrogen) atoms. The maximum atomic E-state index is 12.3. The summed E-state index contributed by atoms with van der Waals surface area (Å²) in [6.45, 7) is 1.96. The average molecular weight is 348 g/mol. The molecule has 6 heteroatoms. The summed E-state index contributed by atoms with van der Waals surface area (Å²) in [5.74, 6) is 1.05. The SMILES string of the molecule is CN1CCC(c2nc3c(oc4ccc(Br)cc43)c(=O)[nH]2)C1. The summed E-state index contributed by atoms with van der Waals surface area (Å²) in [6, 6.07) is 5.69. The van der Waals surface area contributed by atoms with Crippen LogP contribution >= 0.6 is 15.9 Å². The van der Waals surface area contributed by atoms with E-state index in [1.807, 2.05) is 18.2 Å². The van der Waals surface area contributed by atoms with Gasteiger partial charge in [0.05, 0.1) is 0 Å². The van der Waals surface area contributed by atoms with Crippen LogP contribution in [0.15, 0.2) is 31.9 Å². The van der Waals surface area contributed by atoms with Gasteiger partial charge in [0, 0.05) is 22.3 Å². The molecule has 0 bridgehead atoms. The van der Waals surface area contributed by atoms with Crippen LogP contribution in [0.2, 0.25) is 0 Å². The first-order valence-electron chi connectivity index (χ1n) is 6.92. The van der Waals surface area contributed by atoms with Crippen LogP contribution in [0.25, 0.3) is 22.1 Å². The molecule has 0 aliphatic carbocycles. The number of halogens is 1. The zero-order valence-corrected chi connectivity index (χ0v) is 13.1. The molecular weight excluding hydrogens is 334 g/mol. The van der Waals surface area contributed by atoms with E-state index >= 15 is 0 Å². The fourth-order valence-corrected chi connectivity index (χ4v) is 3.36. The second-order valence-corrected chi connectivity index (χ2v) is 6.53. The highest BCUT2D eigenvalue weighted by molar-refractivity contribution is 9.10. The number of furan rings is 1. The maximum Gasteiger partial charge on any atom is 0.294 e. The molecule has 1 N–H and O–H groups in total. The summed E-state index contributed by atoms with van der Waals surface area (Å²) < 4.78 is 6.59. The predicted octanol–water partition coefficient (Wildman–Crippen LogP) is 2.85. The van der Waals surface area contributed by atoms with Gasteiger partial charge >= 0.3 is 0 Å². The summed E-state index contributed by atoms with van der Waals surface area (Å²) in [5, 5.41) is 0.873. The van der Waals surface area contributed by atoms with E-state index in [-0.39, 0.29) is 11.5 Å². The van der Waals surface area contributed by atoms with Gasteiger partial charge in [-0.2, -0.15) is 0 Å². The van der Waals surface area contributed by atoms with Crippen LogP contribution in [0.1, 0.15) is 18.2 Å². The molecule has 1 unspecified atom stereocenters. The number of aromatic amines is 1. The lowest BCUT2D eigenvalue weighted by Gasteiger charge is -2.09. The van der Waals surface area contributed by atoms with Gasteiger partial charge in [0.25, 0.3) is 5.56 Å². The number of likely N-dealkylation sites (tertiary alicyclic amines) is 1. The van der Waals surface area contributed by atoms with Crippen LogP contribution in [0, 0.1) is 0 Å². The van der Waals surface area contributed by atoms with Crippen molar-refractivity contribution in [2.24, 2.45) is 0 Å². The van der Waals surface area contributed by atoms with Crippen molar-refractivity contribution in [3.05, 3.63) is 38.9 Å². The Hall–Kier alpha value is -1.66. The number of H-pyrrole nitrogens is 1. The van der Waals surface area contributed by atoms with E-state index in [1.54, 1.807) is 0 Å². The molecule has 1 aliphatic heterocycles. The zero-order valence-electron chi connectivity index (χ0n) is 11.5. The smallest absolute Gasteiger partial charge is 0.294 e. The molecule has 1 aromatic carbocycles. The normalized spacial score (nSPS) is 19.8. The number of aromatic nitrogens is 2. The van der Waals surface area contributed by atoms with E-state index in [4.69, 9.17) is 4.42 Å². The Morgan fingerprint density at radius 1 is 1.48 bits per heavy atom. The van der Waals surface area contributed by atoms with E-state index in [0.717, 1.165) is 35.2 Å². The van der Waals surface area contributed by atoms with E-state index in [9.17, 15) is 4.79 Å². The Labute approximate surface area is 129 Å². The maximum absolute atomic E-state index is 12.3. The molecule has 4 rings (SSSR count). The van der Waals surface area contributed by atoms with Crippen molar-refractivity contribution in [3.8, 4) is 0 Å². The van der Waals surface area contributed by atoms with Gasteiger partial charge in [-0.1, -0.05) is 15.9 Å². The Kier molecular flexibility index (Phi) is 2.90. The fraction of sp³-hybridized carbons (Fsp3) is 0.333. The molecule has 1 saturated heterocycles. The van der Waals surface area contributed by atoms with Gasteiger partial charge in [0.15, 0.2) is 0 Å². The molecule has 1 atom stereocenters. The molecule has 0 saturated carbocycles. The van der Waals surface area contributed by atoms with E-state index in [1.165, 1.54) is 0 Å². The number of hydrogen-bond acceptors (Lipinski definition) is 4. The van der Waals surface area contributed by atoms with Gasteiger partial charge in [-0.3, -0.25) is 4.79 Å². The largest absolute Gasteiger partial charge is 0.449 e. The summed E-state index contributed by atoms with van der Waals surface area (Å²) in [4.78, 5) is 22.1. The minimum Gasteiger partial charge on any atom is -0.449 e. The van der Waals surface area contributed by atoms with Crippen molar-refractivity contribution in [2.75, 3.05) is 20.1 Å². The molecule has 0 amide bonds. The highest BCUT2D eigenvalue weighted by Gasteiger charge is 2.24. The minimum atomic E-state index is -0.197. The number of benzene rings is 1. The van der Waals surface area contributed by atoms with E-state index in [0.29, 0.717) is 16.7 Å². The molecule has 1 aliphatic rings. The first-order valence-corrected chi connectivity index (χ1v) is 7.71. The van der Waals surface area contributed by atoms with Crippen molar-refractivity contribution < 1.29 is 4.42 Å². The van der Waals surface area contributed by atoms with Crippen LogP contribution in [-0.4, -0.2) is 35.0 Å². The molecule has 0 spiro atoms. The topological polar surface area (TPSA) is 62.1 Å². The predicted molar refractivity (Wildman–Crippen MR) is 84.7 cm³/mol. The molecule has 2 aromatic heterocycles. The summed E-state index contributed by atoms with van der Waals surface area (Å²) in [5.41, 5.74) is 1.45. The Bertz CT molecular complexity index is 899. The number of fused-ring (bicyclic) bond motifs is 3. The molecule has 0 radical (unpaired) electrons. The minimum absolute atomic E-state index is 0.197. The molecule has 108 valence electrons. The van der Waals surface area contributed by atoms with Crippen molar-refractivity contribution in [3.63, 3.8) is 0 Å². The summed E-state index contributed by atoms with van der Waals surface area (Å²) in [7, 11) is 2.08. The molecule has 1 fully saturated rings. The molecular formula is C15H14BrN3O2. The van der Waals surface area contributed by atoms with Crippen LogP contribution in [0.4, 0.5) is 0 Å². The Morgan fingerprint density at radius 3 is 3.10 bits per heavy atom. The van der Waals surface area contributed by atoms with Crippen LogP contribution in [0.5, 0.6) is 0 Å². The van der Waals surface area contributed by atoms with Gasteiger partial charge in [-0.05, 0) is 38.2 Å². The van der Waals surface area contributed by atoms with Crippen LogP contribution < -0.4 is 5.56 Å². The second-order valence-electron chi connectivity index (χ2n) is 5.62. The van der Waals surface area contributed by atoms with Gasteiger partial charge in [-0.25, -0.2) is 4.98 Å². The highest BCUT2D eigenvalue weighted by Crippen LogP contribution is 2.30. The third-order valence-electron chi connectivity index (χ3n) is 4.08. The average Bonchev–Trinajstić information content (AvgIpc) is 3.03. The number of rotatable bonds is 1. The highest BCUT2D eigenvalue weighted by atomic mass is 79.9. The Balaban J connectivity index is 1.97.